The summed E-state index contributed by atoms with van der Waals surface area (Å²) < 4.78 is 0. The van der Waals surface area contributed by atoms with Crippen molar-refractivity contribution in [3.63, 3.8) is 0 Å². The standard InChI is InChI=1S/C16H16ClN5O/c17-13-6-11-2-1-4-18-15(11)12(7-13)9-22-5-3-16(23,10-22)14-8-19-21-20-14/h1-2,4,6-8,23H,3,5,9-10H2,(H,19,20,21). The fourth-order valence-corrected chi connectivity index (χ4v) is 3.48. The van der Waals surface area contributed by atoms with Gasteiger partial charge < -0.3 is 5.11 Å². The van der Waals surface area contributed by atoms with Crippen molar-refractivity contribution in [2.75, 3.05) is 13.1 Å². The number of β-amino-alcohol motifs (C(OH)–C–C–N with tert-alkyl or cyclic N) is 1. The maximum Gasteiger partial charge on any atom is 0.124 e. The van der Waals surface area contributed by atoms with E-state index in [-0.39, 0.29) is 0 Å². The zero-order valence-electron chi connectivity index (χ0n) is 12.4. The van der Waals surface area contributed by atoms with Crippen LogP contribution in [0.25, 0.3) is 10.9 Å². The van der Waals surface area contributed by atoms with E-state index in [9.17, 15) is 5.11 Å². The molecule has 1 unspecified atom stereocenters. The van der Waals surface area contributed by atoms with E-state index in [1.54, 1.807) is 12.4 Å². The highest BCUT2D eigenvalue weighted by molar-refractivity contribution is 6.31. The molecule has 0 spiro atoms. The Labute approximate surface area is 138 Å². The van der Waals surface area contributed by atoms with Gasteiger partial charge in [0, 0.05) is 36.2 Å². The van der Waals surface area contributed by atoms with Crippen molar-refractivity contribution in [1.29, 1.82) is 0 Å². The number of fused-ring (bicyclic) bond motifs is 1. The molecule has 118 valence electrons. The average Bonchev–Trinajstić information content (AvgIpc) is 3.18. The lowest BCUT2D eigenvalue weighted by atomic mass is 10.00. The predicted octanol–water partition coefficient (Wildman–Crippen LogP) is 2.10. The van der Waals surface area contributed by atoms with E-state index >= 15 is 0 Å². The topological polar surface area (TPSA) is 77.9 Å². The number of likely N-dealkylation sites (tertiary alicyclic amines) is 1. The molecule has 7 heteroatoms. The van der Waals surface area contributed by atoms with E-state index in [0.717, 1.165) is 23.0 Å². The van der Waals surface area contributed by atoms with E-state index in [0.29, 0.717) is 30.2 Å². The number of hydrogen-bond donors (Lipinski definition) is 2. The molecule has 1 aromatic carbocycles. The van der Waals surface area contributed by atoms with E-state index in [1.165, 1.54) is 0 Å². The summed E-state index contributed by atoms with van der Waals surface area (Å²) in [6.07, 6.45) is 4.00. The van der Waals surface area contributed by atoms with Crippen molar-refractivity contribution in [1.82, 2.24) is 25.3 Å². The number of H-pyrrole nitrogens is 1. The van der Waals surface area contributed by atoms with Gasteiger partial charge in [0.25, 0.3) is 0 Å². The van der Waals surface area contributed by atoms with Gasteiger partial charge in [0.15, 0.2) is 0 Å². The number of aromatic nitrogens is 4. The Kier molecular flexibility index (Phi) is 3.52. The monoisotopic (exact) mass is 329 g/mol. The number of halogens is 1. The molecule has 23 heavy (non-hydrogen) atoms. The fraction of sp³-hybridized carbons (Fsp3) is 0.312. The summed E-state index contributed by atoms with van der Waals surface area (Å²) in [5.74, 6) is 0. The molecule has 1 atom stereocenters. The molecule has 1 saturated heterocycles. The first-order valence-corrected chi connectivity index (χ1v) is 7.86. The summed E-state index contributed by atoms with van der Waals surface area (Å²) in [5, 5.41) is 22.9. The van der Waals surface area contributed by atoms with Crippen LogP contribution in [0.3, 0.4) is 0 Å². The van der Waals surface area contributed by atoms with Crippen LogP contribution in [0.2, 0.25) is 5.02 Å². The molecule has 1 fully saturated rings. The molecule has 4 rings (SSSR count). The zero-order chi connectivity index (χ0) is 15.9. The average molecular weight is 330 g/mol. The van der Waals surface area contributed by atoms with Gasteiger partial charge in [-0.15, -0.1) is 0 Å². The first-order valence-electron chi connectivity index (χ1n) is 7.48. The highest BCUT2D eigenvalue weighted by atomic mass is 35.5. The van der Waals surface area contributed by atoms with Gasteiger partial charge in [-0.1, -0.05) is 17.7 Å². The quantitative estimate of drug-likeness (QED) is 0.769. The maximum absolute atomic E-state index is 10.8. The third-order valence-electron chi connectivity index (χ3n) is 4.36. The molecule has 3 heterocycles. The Morgan fingerprint density at radius 3 is 3.13 bits per heavy atom. The second-order valence-electron chi connectivity index (χ2n) is 5.99. The third kappa shape index (κ3) is 2.69. The predicted molar refractivity (Wildman–Crippen MR) is 86.9 cm³/mol. The molecule has 6 nitrogen and oxygen atoms in total. The molecular weight excluding hydrogens is 314 g/mol. The summed E-state index contributed by atoms with van der Waals surface area (Å²) in [4.78, 5) is 6.66. The SMILES string of the molecule is OC1(c2cn[nH]n2)CCN(Cc2cc(Cl)cc3cccnc23)C1. The van der Waals surface area contributed by atoms with Crippen LogP contribution in [-0.2, 0) is 12.1 Å². The zero-order valence-corrected chi connectivity index (χ0v) is 13.2. The number of aliphatic hydroxyl groups is 1. The lowest BCUT2D eigenvalue weighted by Gasteiger charge is -2.21. The molecule has 0 bridgehead atoms. The molecule has 2 N–H and O–H groups in total. The van der Waals surface area contributed by atoms with E-state index in [4.69, 9.17) is 11.6 Å². The Morgan fingerprint density at radius 1 is 1.39 bits per heavy atom. The van der Waals surface area contributed by atoms with Crippen LogP contribution < -0.4 is 0 Å². The Bertz CT molecular complexity index is 838. The lowest BCUT2D eigenvalue weighted by Crippen LogP contribution is -2.31. The van der Waals surface area contributed by atoms with Crippen molar-refractivity contribution < 1.29 is 5.11 Å². The van der Waals surface area contributed by atoms with Gasteiger partial charge in [0.2, 0.25) is 0 Å². The first kappa shape index (κ1) is 14.6. The Hall–Kier alpha value is -2.02. The van der Waals surface area contributed by atoms with Crippen LogP contribution in [0.15, 0.2) is 36.7 Å². The molecule has 2 aromatic heterocycles. The van der Waals surface area contributed by atoms with Crippen molar-refractivity contribution in [2.24, 2.45) is 0 Å². The van der Waals surface area contributed by atoms with Crippen LogP contribution in [-0.4, -0.2) is 43.5 Å². The van der Waals surface area contributed by atoms with Crippen molar-refractivity contribution in [3.05, 3.63) is 52.9 Å². The van der Waals surface area contributed by atoms with E-state index < -0.39 is 5.60 Å². The number of hydrogen-bond acceptors (Lipinski definition) is 5. The second kappa shape index (κ2) is 5.56. The van der Waals surface area contributed by atoms with Gasteiger partial charge in [-0.25, -0.2) is 0 Å². The summed E-state index contributed by atoms with van der Waals surface area (Å²) in [7, 11) is 0. The van der Waals surface area contributed by atoms with Crippen molar-refractivity contribution in [2.45, 2.75) is 18.6 Å². The maximum atomic E-state index is 10.8. The Morgan fingerprint density at radius 2 is 2.30 bits per heavy atom. The van der Waals surface area contributed by atoms with Gasteiger partial charge in [0.1, 0.15) is 11.3 Å². The van der Waals surface area contributed by atoms with Gasteiger partial charge >= 0.3 is 0 Å². The number of pyridine rings is 1. The molecule has 0 radical (unpaired) electrons. The van der Waals surface area contributed by atoms with Gasteiger partial charge in [-0.2, -0.15) is 15.4 Å². The minimum atomic E-state index is -0.950. The molecule has 1 aliphatic rings. The number of rotatable bonds is 3. The van der Waals surface area contributed by atoms with Gasteiger partial charge in [-0.05, 0) is 30.2 Å². The van der Waals surface area contributed by atoms with Gasteiger partial charge in [0.05, 0.1) is 11.7 Å². The number of benzene rings is 1. The van der Waals surface area contributed by atoms with Crippen LogP contribution >= 0.6 is 11.6 Å². The van der Waals surface area contributed by atoms with Crippen LogP contribution in [0, 0.1) is 0 Å². The molecule has 0 saturated carbocycles. The fourth-order valence-electron chi connectivity index (χ4n) is 3.23. The number of nitrogens with zero attached hydrogens (tertiary/aromatic N) is 4. The summed E-state index contributed by atoms with van der Waals surface area (Å²) in [6, 6.07) is 7.78. The third-order valence-corrected chi connectivity index (χ3v) is 4.58. The lowest BCUT2D eigenvalue weighted by molar-refractivity contribution is 0.0409. The molecule has 1 aliphatic heterocycles. The van der Waals surface area contributed by atoms with Crippen LogP contribution in [0.4, 0.5) is 0 Å². The second-order valence-corrected chi connectivity index (χ2v) is 6.42. The summed E-state index contributed by atoms with van der Waals surface area (Å²) in [5.41, 5.74) is 1.66. The van der Waals surface area contributed by atoms with Gasteiger partial charge in [-0.3, -0.25) is 9.88 Å². The van der Waals surface area contributed by atoms with Crippen LogP contribution in [0.1, 0.15) is 17.7 Å². The van der Waals surface area contributed by atoms with Crippen molar-refractivity contribution >= 4 is 22.5 Å². The molecular formula is C16H16ClN5O. The minimum absolute atomic E-state index is 0.514. The van der Waals surface area contributed by atoms with Crippen LogP contribution in [0.5, 0.6) is 0 Å². The molecule has 0 aliphatic carbocycles. The summed E-state index contributed by atoms with van der Waals surface area (Å²) >= 11 is 6.23. The highest BCUT2D eigenvalue weighted by Gasteiger charge is 2.39. The minimum Gasteiger partial charge on any atom is -0.382 e. The summed E-state index contributed by atoms with van der Waals surface area (Å²) in [6.45, 7) is 1.98. The van der Waals surface area contributed by atoms with E-state index in [2.05, 4.69) is 25.3 Å². The molecule has 0 amide bonds. The van der Waals surface area contributed by atoms with Crippen molar-refractivity contribution in [3.8, 4) is 0 Å². The first-order chi connectivity index (χ1) is 11.1. The highest BCUT2D eigenvalue weighted by Crippen LogP contribution is 2.32. The number of nitrogens with one attached hydrogen (secondary N) is 1. The van der Waals surface area contributed by atoms with E-state index in [1.807, 2.05) is 24.3 Å². The largest absolute Gasteiger partial charge is 0.382 e. The normalized spacial score (nSPS) is 22.0. The smallest absolute Gasteiger partial charge is 0.124 e. The Balaban J connectivity index is 1.60. The molecule has 3 aromatic rings. The number of aromatic amines is 1.